The summed E-state index contributed by atoms with van der Waals surface area (Å²) in [4.78, 5) is 43.7. The highest BCUT2D eigenvalue weighted by molar-refractivity contribution is 5.87. The molecule has 0 rings (SSSR count). The van der Waals surface area contributed by atoms with Gasteiger partial charge in [-0.05, 0) is 81.9 Å². The van der Waals surface area contributed by atoms with Gasteiger partial charge in [-0.3, -0.25) is 9.59 Å². The van der Waals surface area contributed by atoms with E-state index in [2.05, 4.69) is 27.4 Å². The average Bonchev–Trinajstić information content (AvgIpc) is 2.88. The van der Waals surface area contributed by atoms with E-state index >= 15 is 0 Å². The van der Waals surface area contributed by atoms with Gasteiger partial charge in [-0.1, -0.05) is 27.0 Å². The monoisotopic (exact) mass is 526 g/mol. The highest BCUT2D eigenvalue weighted by Crippen LogP contribution is 2.21. The van der Waals surface area contributed by atoms with Crippen LogP contribution in [0.5, 0.6) is 0 Å². The van der Waals surface area contributed by atoms with Crippen LogP contribution in [-0.4, -0.2) is 50.2 Å². The Kier molecular flexibility index (Phi) is 14.3. The molecule has 0 unspecified atom stereocenters. The number of hydrogen-bond acceptors (Lipinski definition) is 8. The van der Waals surface area contributed by atoms with Crippen molar-refractivity contribution in [3.8, 4) is 0 Å². The molecule has 8 nitrogen and oxygen atoms in total. The molecule has 212 valence electrons. The molecule has 0 amide bonds. The Morgan fingerprint density at radius 2 is 1.00 bits per heavy atom. The molecule has 0 aliphatic heterocycles. The van der Waals surface area contributed by atoms with Gasteiger partial charge in [0.15, 0.2) is 0 Å². The van der Waals surface area contributed by atoms with Crippen LogP contribution in [0.15, 0.2) is 24.3 Å². The van der Waals surface area contributed by atoms with E-state index in [0.717, 1.165) is 6.42 Å². The van der Waals surface area contributed by atoms with Crippen molar-refractivity contribution in [3.63, 3.8) is 0 Å². The minimum absolute atomic E-state index is 0.0480. The van der Waals surface area contributed by atoms with Crippen LogP contribution in [0.3, 0.4) is 0 Å². The predicted octanol–water partition coefficient (Wildman–Crippen LogP) is 6.22. The molecular formula is C28H52O8. The molecule has 0 bridgehead atoms. The van der Waals surface area contributed by atoms with Crippen molar-refractivity contribution in [2.24, 2.45) is 10.8 Å². The summed E-state index contributed by atoms with van der Waals surface area (Å²) in [6.07, 6.45) is 1.27. The summed E-state index contributed by atoms with van der Waals surface area (Å²) in [7, 11) is 0. The zero-order valence-electron chi connectivity index (χ0n) is 33.5. The first-order chi connectivity index (χ1) is 20.2. The Balaban J connectivity index is -0.000000262. The van der Waals surface area contributed by atoms with Gasteiger partial charge < -0.3 is 18.9 Å². The third-order valence-electron chi connectivity index (χ3n) is 4.41. The second-order valence-corrected chi connectivity index (χ2v) is 8.46. The van der Waals surface area contributed by atoms with Crippen LogP contribution in [0.1, 0.15) is 109 Å². The number of ether oxygens (including phenoxy) is 4. The topological polar surface area (TPSA) is 105 Å². The molecule has 0 atom stereocenters. The summed E-state index contributed by atoms with van der Waals surface area (Å²) >= 11 is 0. The van der Waals surface area contributed by atoms with E-state index < -0.39 is 44.2 Å². The first kappa shape index (κ1) is 22.5. The molecule has 0 aromatic heterocycles. The summed E-state index contributed by atoms with van der Waals surface area (Å²) in [5, 5.41) is 0. The van der Waals surface area contributed by atoms with Crippen LogP contribution >= 0.6 is 0 Å². The minimum Gasteiger partial charge on any atom is -0.466 e. The molecule has 0 aliphatic rings. The van der Waals surface area contributed by atoms with Gasteiger partial charge in [0.25, 0.3) is 0 Å². The fourth-order valence-electron chi connectivity index (χ4n) is 1.19. The van der Waals surface area contributed by atoms with E-state index in [1.54, 1.807) is 34.6 Å². The minimum atomic E-state index is -2.99. The Bertz CT molecular complexity index is 1010. The third kappa shape index (κ3) is 23.1. The highest BCUT2D eigenvalue weighted by atomic mass is 16.5. The van der Waals surface area contributed by atoms with Crippen LogP contribution in [-0.2, 0) is 38.1 Å². The van der Waals surface area contributed by atoms with Crippen LogP contribution in [0.2, 0.25) is 0 Å². The lowest BCUT2D eigenvalue weighted by Crippen LogP contribution is -2.25. The number of rotatable bonds is 10. The molecule has 0 heterocycles. The van der Waals surface area contributed by atoms with Crippen molar-refractivity contribution in [3.05, 3.63) is 24.3 Å². The largest absolute Gasteiger partial charge is 0.466 e. The number of hydrogen-bond donors (Lipinski definition) is 0. The Hall–Kier alpha value is -2.64. The fraction of sp³-hybridized carbons (Fsp3) is 0.714. The quantitative estimate of drug-likeness (QED) is 0.188. The van der Waals surface area contributed by atoms with Gasteiger partial charge in [0, 0.05) is 19.4 Å². The summed E-state index contributed by atoms with van der Waals surface area (Å²) in [6.45, 7) is 12.8. The smallest absolute Gasteiger partial charge is 0.333 e. The molecule has 0 saturated carbocycles. The zero-order valence-corrected chi connectivity index (χ0v) is 23.5. The highest BCUT2D eigenvalue weighted by Gasteiger charge is 2.26. The number of esters is 4. The van der Waals surface area contributed by atoms with E-state index in [0.29, 0.717) is 25.2 Å². The van der Waals surface area contributed by atoms with Crippen LogP contribution < -0.4 is 0 Å². The van der Waals surface area contributed by atoms with Gasteiger partial charge in [-0.2, -0.15) is 0 Å². The van der Waals surface area contributed by atoms with E-state index in [4.69, 9.17) is 18.4 Å². The van der Waals surface area contributed by atoms with Gasteiger partial charge in [0.1, 0.15) is 0 Å². The Labute approximate surface area is 233 Å². The molecule has 0 saturated heterocycles. The lowest BCUT2D eigenvalue weighted by atomic mass is 9.91. The first-order valence-corrected chi connectivity index (χ1v) is 11.4. The summed E-state index contributed by atoms with van der Waals surface area (Å²) < 4.78 is 86.8. The van der Waals surface area contributed by atoms with E-state index in [1.807, 2.05) is 27.7 Å². The molecule has 0 radical (unpaired) electrons. The molecule has 0 aromatic rings. The van der Waals surface area contributed by atoms with Gasteiger partial charge in [0.05, 0.1) is 42.6 Å². The van der Waals surface area contributed by atoms with Crippen LogP contribution in [0, 0.1) is 10.8 Å². The lowest BCUT2D eigenvalue weighted by molar-refractivity contribution is -0.154. The maximum atomic E-state index is 11.4. The molecule has 0 aromatic carbocycles. The molecule has 8 heteroatoms. The number of carbonyl (C=O) groups excluding carboxylic acids is 4. The maximum Gasteiger partial charge on any atom is 0.333 e. The van der Waals surface area contributed by atoms with Crippen molar-refractivity contribution in [2.45, 2.75) is 95.8 Å². The van der Waals surface area contributed by atoms with Crippen LogP contribution in [0.25, 0.3) is 0 Å². The summed E-state index contributed by atoms with van der Waals surface area (Å²) in [5.74, 6) is -2.31. The zero-order chi connectivity index (χ0) is 38.1. The SMILES string of the molecule is C=C(C)C(=O)OCC.CCOC(=O)C(C)(C)CC.[2H]C([2H])([2H])C([2H])([2H])OC(=O)C(=C)C.[2H]C([2H])([2H])C([2H])([2H])OC(=O)C(C)(C)CC. The van der Waals surface area contributed by atoms with Gasteiger partial charge in [-0.15, -0.1) is 0 Å². The van der Waals surface area contributed by atoms with Crippen molar-refractivity contribution < 1.29 is 51.8 Å². The third-order valence-corrected chi connectivity index (χ3v) is 4.41. The van der Waals surface area contributed by atoms with Crippen molar-refractivity contribution in [1.29, 1.82) is 0 Å². The van der Waals surface area contributed by atoms with E-state index in [-0.39, 0.29) is 22.9 Å². The van der Waals surface area contributed by atoms with Crippen molar-refractivity contribution in [2.75, 3.05) is 26.3 Å². The standard InChI is InChI=1S/2C8H16O2.2C6H10O2/c2*1-5-8(3,4)7(9)10-6-2;2*1-4-8-6(7)5(2)3/h2*5-6H2,1-4H3;2*2,4H2,1,3H3/i2D3,6D2;;1D3,4D2;. The number of carbonyl (C=O) groups is 4. The second kappa shape index (κ2) is 22.8. The summed E-state index contributed by atoms with van der Waals surface area (Å²) in [5.41, 5.74) is -0.783. The van der Waals surface area contributed by atoms with Gasteiger partial charge in [-0.25, -0.2) is 9.59 Å². The van der Waals surface area contributed by atoms with Gasteiger partial charge >= 0.3 is 23.9 Å². The van der Waals surface area contributed by atoms with Crippen molar-refractivity contribution >= 4 is 23.9 Å². The summed E-state index contributed by atoms with van der Waals surface area (Å²) in [6, 6.07) is 0. The average molecular weight is 527 g/mol. The Morgan fingerprint density at radius 3 is 1.28 bits per heavy atom. The van der Waals surface area contributed by atoms with E-state index in [9.17, 15) is 19.2 Å². The first-order valence-electron chi connectivity index (χ1n) is 16.4. The molecule has 0 N–H and O–H groups in total. The van der Waals surface area contributed by atoms with Crippen LogP contribution in [0.4, 0.5) is 0 Å². The molecule has 0 spiro atoms. The van der Waals surface area contributed by atoms with Crippen molar-refractivity contribution in [1.82, 2.24) is 0 Å². The Morgan fingerprint density at radius 1 is 0.667 bits per heavy atom. The molecular weight excluding hydrogens is 464 g/mol. The predicted molar refractivity (Wildman–Crippen MR) is 144 cm³/mol. The fourth-order valence-corrected chi connectivity index (χ4v) is 1.19. The molecule has 36 heavy (non-hydrogen) atoms. The normalized spacial score (nSPS) is 15.5. The maximum absolute atomic E-state index is 11.4. The molecule has 0 aliphatic carbocycles. The van der Waals surface area contributed by atoms with E-state index in [1.165, 1.54) is 6.92 Å². The van der Waals surface area contributed by atoms with Gasteiger partial charge in [0.2, 0.25) is 0 Å². The molecule has 0 fully saturated rings. The lowest BCUT2D eigenvalue weighted by Gasteiger charge is -2.19. The second-order valence-electron chi connectivity index (χ2n) is 8.46.